The normalized spacial score (nSPS) is 13.3. The van der Waals surface area contributed by atoms with Crippen LogP contribution in [-0.2, 0) is 6.42 Å². The molecule has 0 bridgehead atoms. The summed E-state index contributed by atoms with van der Waals surface area (Å²) in [5.74, 6) is 0.177. The minimum atomic E-state index is -0.483. The van der Waals surface area contributed by atoms with Gasteiger partial charge < -0.3 is 14.9 Å². The molecule has 0 unspecified atom stereocenters. The van der Waals surface area contributed by atoms with Crippen LogP contribution in [0.4, 0.5) is 15.3 Å². The number of thiazole rings is 1. The molecule has 1 aliphatic heterocycles. The maximum atomic E-state index is 13.5. The van der Waals surface area contributed by atoms with Crippen molar-refractivity contribution >= 4 is 33.8 Å². The quantitative estimate of drug-likeness (QED) is 0.333. The smallest absolute Gasteiger partial charge is 0.274 e. The third-order valence-electron chi connectivity index (χ3n) is 6.75. The van der Waals surface area contributed by atoms with Crippen LogP contribution in [0.5, 0.6) is 0 Å². The van der Waals surface area contributed by atoms with Crippen molar-refractivity contribution in [3.05, 3.63) is 77.1 Å². The molecule has 0 radical (unpaired) electrons. The van der Waals surface area contributed by atoms with Gasteiger partial charge in [-0.15, -0.1) is 0 Å². The maximum absolute atomic E-state index is 13.5. The molecule has 0 aliphatic carbocycles. The Hall–Kier alpha value is -4.73. The zero-order valence-corrected chi connectivity index (χ0v) is 22.4. The lowest BCUT2D eigenvalue weighted by atomic mass is 10.1. The molecule has 1 fully saturated rings. The molecule has 0 atom stereocenters. The average Bonchev–Trinajstić information content (AvgIpc) is 3.56. The number of nitriles is 1. The Morgan fingerprint density at radius 2 is 1.90 bits per heavy atom. The van der Waals surface area contributed by atoms with E-state index in [0.717, 1.165) is 22.7 Å². The molecule has 1 aromatic carbocycles. The Morgan fingerprint density at radius 3 is 2.55 bits per heavy atom. The molecule has 1 saturated heterocycles. The number of aryl methyl sites for hydroxylation is 1. The number of nitrogens with zero attached hydrogens (tertiary/aromatic N) is 8. The first-order valence-corrected chi connectivity index (χ1v) is 13.4. The zero-order chi connectivity index (χ0) is 28.0. The Bertz CT molecular complexity index is 1770. The van der Waals surface area contributed by atoms with Gasteiger partial charge in [0.05, 0.1) is 29.9 Å². The largest absolute Gasteiger partial charge is 0.389 e. The summed E-state index contributed by atoms with van der Waals surface area (Å²) < 4.78 is 15.4. The predicted octanol–water partition coefficient (Wildman–Crippen LogP) is 4.07. The number of carbonyl (C=O) groups excluding carboxylic acids is 1. The molecule has 200 valence electrons. The van der Waals surface area contributed by atoms with Crippen molar-refractivity contribution in [2.45, 2.75) is 19.4 Å². The molecule has 5 heterocycles. The first kappa shape index (κ1) is 25.5. The molecule has 0 saturated carbocycles. The highest BCUT2D eigenvalue weighted by Gasteiger charge is 2.30. The van der Waals surface area contributed by atoms with Gasteiger partial charge in [0.15, 0.2) is 5.13 Å². The van der Waals surface area contributed by atoms with Gasteiger partial charge in [-0.05, 0) is 42.8 Å². The van der Waals surface area contributed by atoms with Gasteiger partial charge in [0.1, 0.15) is 39.6 Å². The van der Waals surface area contributed by atoms with Crippen LogP contribution in [-0.4, -0.2) is 66.5 Å². The van der Waals surface area contributed by atoms with Crippen molar-refractivity contribution < 1.29 is 14.3 Å². The van der Waals surface area contributed by atoms with E-state index in [2.05, 4.69) is 16.0 Å². The fraction of sp³-hybridized carbons (Fsp3) is 0.214. The van der Waals surface area contributed by atoms with Crippen LogP contribution >= 0.6 is 11.3 Å². The lowest BCUT2D eigenvalue weighted by molar-refractivity contribution is 0.00547. The van der Waals surface area contributed by atoms with Crippen LogP contribution in [0.2, 0.25) is 0 Å². The van der Waals surface area contributed by atoms with Crippen LogP contribution in [0.3, 0.4) is 0 Å². The number of fused-ring (bicyclic) bond motifs is 1. The zero-order valence-electron chi connectivity index (χ0n) is 21.6. The van der Waals surface area contributed by atoms with Crippen molar-refractivity contribution in [1.82, 2.24) is 29.2 Å². The summed E-state index contributed by atoms with van der Waals surface area (Å²) in [5, 5.41) is 19.8. The minimum Gasteiger partial charge on any atom is -0.389 e. The number of hydrogen-bond donors (Lipinski definition) is 1. The summed E-state index contributed by atoms with van der Waals surface area (Å²) in [7, 11) is 1.87. The molecule has 12 heteroatoms. The number of pyridine rings is 1. The Balaban J connectivity index is 1.35. The van der Waals surface area contributed by atoms with Gasteiger partial charge in [0, 0.05) is 37.5 Å². The van der Waals surface area contributed by atoms with Crippen LogP contribution in [0.25, 0.3) is 28.2 Å². The van der Waals surface area contributed by atoms with E-state index in [4.69, 9.17) is 9.97 Å². The second-order valence-electron chi connectivity index (χ2n) is 9.38. The van der Waals surface area contributed by atoms with E-state index >= 15 is 0 Å². The number of aliphatic hydroxyl groups excluding tert-OH is 1. The summed E-state index contributed by atoms with van der Waals surface area (Å²) in [5.41, 5.74) is 4.33. The monoisotopic (exact) mass is 554 g/mol. The Kier molecular flexibility index (Phi) is 6.45. The second kappa shape index (κ2) is 10.1. The summed E-state index contributed by atoms with van der Waals surface area (Å²) in [6, 6.07) is 11.9. The van der Waals surface area contributed by atoms with Crippen LogP contribution in [0.15, 0.2) is 55.0 Å². The third-order valence-corrected chi connectivity index (χ3v) is 7.79. The molecule has 10 nitrogen and oxygen atoms in total. The summed E-state index contributed by atoms with van der Waals surface area (Å²) in [6.45, 7) is 2.62. The highest BCUT2D eigenvalue weighted by molar-refractivity contribution is 7.16. The highest BCUT2D eigenvalue weighted by Crippen LogP contribution is 2.37. The first-order chi connectivity index (χ1) is 19.4. The van der Waals surface area contributed by atoms with Gasteiger partial charge in [-0.2, -0.15) is 5.26 Å². The molecule has 4 aromatic heterocycles. The lowest BCUT2D eigenvalue weighted by Crippen LogP contribution is -2.53. The molecule has 6 rings (SSSR count). The van der Waals surface area contributed by atoms with Crippen molar-refractivity contribution in [1.29, 1.82) is 5.26 Å². The van der Waals surface area contributed by atoms with E-state index in [-0.39, 0.29) is 17.4 Å². The predicted molar refractivity (Wildman–Crippen MR) is 148 cm³/mol. The number of likely N-dealkylation sites (tertiary alicyclic amines) is 1. The molecule has 1 amide bonds. The number of aromatic nitrogens is 5. The topological polar surface area (TPSA) is 124 Å². The van der Waals surface area contributed by atoms with Gasteiger partial charge in [-0.25, -0.2) is 19.3 Å². The fourth-order valence-electron chi connectivity index (χ4n) is 4.62. The van der Waals surface area contributed by atoms with E-state index in [1.165, 1.54) is 34.6 Å². The number of carbonyl (C=O) groups is 1. The van der Waals surface area contributed by atoms with E-state index in [0.29, 0.717) is 46.5 Å². The number of benzene rings is 1. The van der Waals surface area contributed by atoms with Crippen LogP contribution < -0.4 is 4.90 Å². The van der Waals surface area contributed by atoms with Crippen molar-refractivity contribution in [3.63, 3.8) is 0 Å². The summed E-state index contributed by atoms with van der Waals surface area (Å²) in [4.78, 5) is 34.7. The standard InChI is InChI=1S/C28H23FN8O2S/c1-3-20-26(35(2)28-34-25(23(10-30)40-28)16-4-7-18(29)8-5-16)37-13-17(6-9-24(37)33-20)21-11-32-22(12-31-21)27(39)36-14-19(38)15-36/h4-9,11-13,19,38H,3,14-15H2,1-2H3. The number of halogens is 1. The fourth-order valence-corrected chi connectivity index (χ4v) is 5.47. The molecule has 1 aliphatic rings. The van der Waals surface area contributed by atoms with Crippen molar-refractivity contribution in [3.8, 4) is 28.6 Å². The van der Waals surface area contributed by atoms with E-state index in [1.807, 2.05) is 41.6 Å². The first-order valence-electron chi connectivity index (χ1n) is 12.6. The van der Waals surface area contributed by atoms with Crippen LogP contribution in [0.1, 0.15) is 28.0 Å². The van der Waals surface area contributed by atoms with E-state index in [9.17, 15) is 19.6 Å². The lowest BCUT2D eigenvalue weighted by Gasteiger charge is -2.35. The SMILES string of the molecule is CCc1nc2ccc(-c3cnc(C(=O)N4CC(O)C4)cn3)cn2c1N(C)c1nc(-c2ccc(F)cc2)c(C#N)s1. The molecule has 40 heavy (non-hydrogen) atoms. The average molecular weight is 555 g/mol. The number of β-amino-alcohol motifs (C(OH)–C–C–N with tert-alkyl or cyclic N) is 1. The number of imidazole rings is 1. The molecular weight excluding hydrogens is 531 g/mol. The van der Waals surface area contributed by atoms with Gasteiger partial charge in [0.25, 0.3) is 5.91 Å². The number of aliphatic hydroxyl groups is 1. The Morgan fingerprint density at radius 1 is 1.15 bits per heavy atom. The molecule has 5 aromatic rings. The van der Waals surface area contributed by atoms with Crippen LogP contribution in [0, 0.1) is 17.1 Å². The number of rotatable bonds is 6. The van der Waals surface area contributed by atoms with Gasteiger partial charge in [-0.1, -0.05) is 18.3 Å². The van der Waals surface area contributed by atoms with Gasteiger partial charge >= 0.3 is 0 Å². The van der Waals surface area contributed by atoms with E-state index < -0.39 is 6.10 Å². The highest BCUT2D eigenvalue weighted by atomic mass is 32.1. The molecular formula is C28H23FN8O2S. The van der Waals surface area contributed by atoms with Gasteiger partial charge in [0.2, 0.25) is 0 Å². The van der Waals surface area contributed by atoms with Crippen molar-refractivity contribution in [2.75, 3.05) is 25.0 Å². The minimum absolute atomic E-state index is 0.224. The van der Waals surface area contributed by atoms with E-state index in [1.54, 1.807) is 18.3 Å². The number of amides is 1. The molecule has 0 spiro atoms. The van der Waals surface area contributed by atoms with Gasteiger partial charge in [-0.3, -0.25) is 14.2 Å². The molecule has 1 N–H and O–H groups in total. The second-order valence-corrected chi connectivity index (χ2v) is 10.4. The Labute approximate surface area is 232 Å². The maximum Gasteiger partial charge on any atom is 0.274 e. The summed E-state index contributed by atoms with van der Waals surface area (Å²) in [6.07, 6.45) is 5.09. The third kappa shape index (κ3) is 4.45. The summed E-state index contributed by atoms with van der Waals surface area (Å²) >= 11 is 1.25. The number of hydrogen-bond acceptors (Lipinski definition) is 9. The number of anilines is 2. The van der Waals surface area contributed by atoms with Crippen molar-refractivity contribution in [2.24, 2.45) is 0 Å².